The van der Waals surface area contributed by atoms with Gasteiger partial charge < -0.3 is 19.5 Å². The quantitative estimate of drug-likeness (QED) is 0.284. The first-order valence-corrected chi connectivity index (χ1v) is 19.8. The molecule has 262 valence electrons. The van der Waals surface area contributed by atoms with Crippen molar-refractivity contribution in [2.45, 2.75) is 55.7 Å². The van der Waals surface area contributed by atoms with Crippen LogP contribution >= 0.6 is 0 Å². The summed E-state index contributed by atoms with van der Waals surface area (Å²) in [6.45, 7) is 4.64. The second-order valence-corrected chi connectivity index (χ2v) is 17.1. The van der Waals surface area contributed by atoms with Crippen LogP contribution in [0.15, 0.2) is 60.8 Å². The number of aromatic amines is 1. The lowest BCUT2D eigenvalue weighted by atomic mass is 9.78. The number of rotatable bonds is 7. The molecular weight excluding hydrogens is 651 g/mol. The summed E-state index contributed by atoms with van der Waals surface area (Å²) >= 11 is 0. The van der Waals surface area contributed by atoms with Crippen molar-refractivity contribution in [3.63, 3.8) is 0 Å². The van der Waals surface area contributed by atoms with E-state index in [1.165, 1.54) is 11.8 Å². The van der Waals surface area contributed by atoms with E-state index >= 15 is 0 Å². The number of hydrogen-bond donors (Lipinski definition) is 1. The lowest BCUT2D eigenvalue weighted by Gasteiger charge is -2.31. The molecule has 0 radical (unpaired) electrons. The zero-order valence-corrected chi connectivity index (χ0v) is 29.7. The number of piperidine rings is 1. The maximum absolute atomic E-state index is 14.3. The van der Waals surface area contributed by atoms with E-state index in [1.807, 2.05) is 36.3 Å². The summed E-state index contributed by atoms with van der Waals surface area (Å²) in [6.07, 6.45) is 7.38. The van der Waals surface area contributed by atoms with E-state index in [1.54, 1.807) is 4.90 Å². The van der Waals surface area contributed by atoms with Gasteiger partial charge in [-0.1, -0.05) is 54.6 Å². The van der Waals surface area contributed by atoms with Crippen LogP contribution in [0.3, 0.4) is 0 Å². The van der Waals surface area contributed by atoms with E-state index in [4.69, 9.17) is 9.72 Å². The van der Waals surface area contributed by atoms with Crippen molar-refractivity contribution in [1.82, 2.24) is 19.8 Å². The van der Waals surface area contributed by atoms with E-state index in [2.05, 4.69) is 46.3 Å². The van der Waals surface area contributed by atoms with Gasteiger partial charge in [0.25, 0.3) is 0 Å². The Kier molecular flexibility index (Phi) is 8.56. The molecule has 1 N–H and O–H groups in total. The fourth-order valence-electron chi connectivity index (χ4n) is 8.79. The SMILES string of the molecule is CN1C(=O)C2(CCN(C(=O)CC3CCOCC3)C2)c2c1cnc1[nH]c(-c3ccc(CN4CCC(S(C)(=O)=O)CC4)cc3)c(-c3ccccc3)c21. The highest BCUT2D eigenvalue weighted by Gasteiger charge is 2.56. The minimum Gasteiger partial charge on any atom is -0.381 e. The number of H-pyrrole nitrogens is 1. The fourth-order valence-corrected chi connectivity index (χ4v) is 9.86. The third kappa shape index (κ3) is 5.82. The second kappa shape index (κ2) is 12.9. The second-order valence-electron chi connectivity index (χ2n) is 14.8. The number of fused-ring (bicyclic) bond motifs is 4. The average molecular weight is 696 g/mol. The molecule has 2 aromatic heterocycles. The number of ether oxygens (including phenoxy) is 1. The molecule has 2 aromatic carbocycles. The van der Waals surface area contributed by atoms with Gasteiger partial charge in [0, 0.05) is 69.1 Å². The van der Waals surface area contributed by atoms with Gasteiger partial charge >= 0.3 is 0 Å². The minimum absolute atomic E-state index is 0.0230. The van der Waals surface area contributed by atoms with Crippen LogP contribution in [0.5, 0.6) is 0 Å². The van der Waals surface area contributed by atoms with Gasteiger partial charge in [0.15, 0.2) is 0 Å². The molecule has 4 aliphatic heterocycles. The number of anilines is 1. The number of aromatic nitrogens is 2. The van der Waals surface area contributed by atoms with Crippen LogP contribution < -0.4 is 4.90 Å². The number of nitrogens with zero attached hydrogens (tertiary/aromatic N) is 4. The highest BCUT2D eigenvalue weighted by molar-refractivity contribution is 7.91. The number of nitrogens with one attached hydrogen (secondary N) is 1. The Morgan fingerprint density at radius 3 is 2.40 bits per heavy atom. The van der Waals surface area contributed by atoms with Gasteiger partial charge in [-0.05, 0) is 67.8 Å². The first-order valence-electron chi connectivity index (χ1n) is 17.9. The van der Waals surface area contributed by atoms with Crippen LogP contribution in [0.4, 0.5) is 5.69 Å². The van der Waals surface area contributed by atoms with Crippen molar-refractivity contribution in [2.24, 2.45) is 5.92 Å². The van der Waals surface area contributed by atoms with E-state index in [0.717, 1.165) is 77.1 Å². The van der Waals surface area contributed by atoms with Crippen molar-refractivity contribution in [2.75, 3.05) is 57.6 Å². The van der Waals surface area contributed by atoms with Crippen LogP contribution in [0.25, 0.3) is 33.4 Å². The molecular formula is C39H45N5O5S. The van der Waals surface area contributed by atoms with Crippen LogP contribution in [0, 0.1) is 5.92 Å². The number of hydrogen-bond acceptors (Lipinski definition) is 7. The molecule has 6 heterocycles. The molecule has 0 aliphatic carbocycles. The Morgan fingerprint density at radius 1 is 0.980 bits per heavy atom. The monoisotopic (exact) mass is 695 g/mol. The molecule has 8 rings (SSSR count). The normalized spacial score (nSPS) is 22.2. The number of benzene rings is 2. The van der Waals surface area contributed by atoms with E-state index in [9.17, 15) is 18.0 Å². The highest BCUT2D eigenvalue weighted by atomic mass is 32.2. The number of pyridine rings is 1. The van der Waals surface area contributed by atoms with Crippen molar-refractivity contribution >= 4 is 38.4 Å². The summed E-state index contributed by atoms with van der Waals surface area (Å²) in [5.41, 5.74) is 6.82. The zero-order valence-electron chi connectivity index (χ0n) is 28.9. The van der Waals surface area contributed by atoms with Crippen molar-refractivity contribution in [3.8, 4) is 22.4 Å². The molecule has 4 aliphatic rings. The molecule has 0 saturated carbocycles. The summed E-state index contributed by atoms with van der Waals surface area (Å²) in [4.78, 5) is 42.4. The van der Waals surface area contributed by atoms with Crippen molar-refractivity contribution in [3.05, 3.63) is 71.9 Å². The molecule has 1 unspecified atom stereocenters. The first kappa shape index (κ1) is 33.1. The number of sulfone groups is 1. The van der Waals surface area contributed by atoms with Gasteiger partial charge in [0.2, 0.25) is 11.8 Å². The van der Waals surface area contributed by atoms with Crippen LogP contribution in [0.2, 0.25) is 0 Å². The maximum atomic E-state index is 14.3. The molecule has 50 heavy (non-hydrogen) atoms. The van der Waals surface area contributed by atoms with Gasteiger partial charge in [-0.2, -0.15) is 0 Å². The van der Waals surface area contributed by atoms with Crippen LogP contribution in [0.1, 0.15) is 49.7 Å². The third-order valence-electron chi connectivity index (χ3n) is 11.6. The fraction of sp³-hybridized carbons (Fsp3) is 0.462. The van der Waals surface area contributed by atoms with Crippen LogP contribution in [-0.2, 0) is 36.1 Å². The summed E-state index contributed by atoms with van der Waals surface area (Å²) < 4.78 is 29.6. The number of amides is 2. The smallest absolute Gasteiger partial charge is 0.239 e. The zero-order chi connectivity index (χ0) is 34.6. The lowest BCUT2D eigenvalue weighted by Crippen LogP contribution is -2.42. The number of likely N-dealkylation sites (N-methyl/N-ethyl adjacent to an activating group) is 1. The lowest BCUT2D eigenvalue weighted by molar-refractivity contribution is -0.132. The van der Waals surface area contributed by atoms with Crippen molar-refractivity contribution < 1.29 is 22.7 Å². The summed E-state index contributed by atoms with van der Waals surface area (Å²) in [5, 5.41) is 0.701. The standard InChI is InChI=1S/C39H45N5O5S/c1-42-31-23-40-37-34(35(31)39(38(42)46)16-19-44(25-39)32(45)22-26-14-20-49-21-15-26)33(28-6-4-3-5-7-28)36(41-37)29-10-8-27(9-11-29)24-43-17-12-30(13-18-43)50(2,47)48/h3-11,23,26,30H,12-22,24-25H2,1-2H3,(H,40,41). The van der Waals surface area contributed by atoms with Gasteiger partial charge in [-0.15, -0.1) is 0 Å². The Morgan fingerprint density at radius 2 is 1.70 bits per heavy atom. The molecule has 3 fully saturated rings. The molecule has 11 heteroatoms. The van der Waals surface area contributed by atoms with Gasteiger partial charge in [0.1, 0.15) is 15.5 Å². The molecule has 3 saturated heterocycles. The molecule has 1 spiro atoms. The van der Waals surface area contributed by atoms with Crippen LogP contribution in [-0.4, -0.2) is 97.9 Å². The predicted octanol–water partition coefficient (Wildman–Crippen LogP) is 5.17. The Labute approximate surface area is 293 Å². The molecule has 4 aromatic rings. The van der Waals surface area contributed by atoms with Crippen molar-refractivity contribution in [1.29, 1.82) is 0 Å². The Balaban J connectivity index is 1.15. The Hall–Kier alpha value is -4.06. The van der Waals surface area contributed by atoms with Gasteiger partial charge in [0.05, 0.1) is 28.2 Å². The summed E-state index contributed by atoms with van der Waals surface area (Å²) in [5.74, 6) is 0.476. The molecule has 1 atom stereocenters. The first-order chi connectivity index (χ1) is 24.1. The molecule has 2 amide bonds. The topological polar surface area (TPSA) is 116 Å². The maximum Gasteiger partial charge on any atom is 0.239 e. The minimum atomic E-state index is -3.00. The molecule has 10 nitrogen and oxygen atoms in total. The summed E-state index contributed by atoms with van der Waals surface area (Å²) in [7, 11) is -1.18. The predicted molar refractivity (Wildman–Crippen MR) is 195 cm³/mol. The largest absolute Gasteiger partial charge is 0.381 e. The third-order valence-corrected chi connectivity index (χ3v) is 13.3. The highest BCUT2D eigenvalue weighted by Crippen LogP contribution is 2.53. The average Bonchev–Trinajstić information content (AvgIpc) is 3.80. The molecule has 0 bridgehead atoms. The number of carbonyl (C=O) groups excluding carboxylic acids is 2. The number of carbonyl (C=O) groups is 2. The summed E-state index contributed by atoms with van der Waals surface area (Å²) in [6, 6.07) is 18.8. The van der Waals surface area contributed by atoms with E-state index < -0.39 is 15.3 Å². The van der Waals surface area contributed by atoms with E-state index in [0.29, 0.717) is 57.9 Å². The van der Waals surface area contributed by atoms with E-state index in [-0.39, 0.29) is 17.1 Å². The Bertz CT molecular complexity index is 2030. The van der Waals surface area contributed by atoms with Gasteiger partial charge in [-0.25, -0.2) is 13.4 Å². The number of likely N-dealkylation sites (tertiary alicyclic amines) is 2. The van der Waals surface area contributed by atoms with Gasteiger partial charge in [-0.3, -0.25) is 14.5 Å².